The number of ether oxygens (including phenoxy) is 2. The maximum atomic E-state index is 15.0. The van der Waals surface area contributed by atoms with Gasteiger partial charge in [0.1, 0.15) is 11.2 Å². The molecule has 0 aliphatic carbocycles. The second kappa shape index (κ2) is 8.19. The van der Waals surface area contributed by atoms with E-state index in [1.54, 1.807) is 26.8 Å². The van der Waals surface area contributed by atoms with Crippen molar-refractivity contribution >= 4 is 46.0 Å². The quantitative estimate of drug-likeness (QED) is 0.259. The van der Waals surface area contributed by atoms with E-state index >= 15 is 4.39 Å². The fourth-order valence-corrected chi connectivity index (χ4v) is 3.17. The first-order valence-electron chi connectivity index (χ1n) is 9.06. The number of aromatic nitrogens is 2. The zero-order valence-electron chi connectivity index (χ0n) is 16.8. The summed E-state index contributed by atoms with van der Waals surface area (Å²) in [4.78, 5) is 29.3. The van der Waals surface area contributed by atoms with E-state index in [0.717, 1.165) is 0 Å². The third-order valence-corrected chi connectivity index (χ3v) is 4.51. The number of halogens is 2. The van der Waals surface area contributed by atoms with E-state index in [9.17, 15) is 14.6 Å². The first-order chi connectivity index (χ1) is 14.0. The van der Waals surface area contributed by atoms with Gasteiger partial charge in [-0.05, 0) is 61.7 Å². The Labute approximate surface area is 181 Å². The van der Waals surface area contributed by atoms with Gasteiger partial charge in [-0.1, -0.05) is 6.07 Å². The van der Waals surface area contributed by atoms with E-state index in [2.05, 4.69) is 20.9 Å². The molecule has 0 saturated heterocycles. The number of hydrogen-bond donors (Lipinski definition) is 1. The number of fused-ring (bicyclic) bond motifs is 1. The molecule has 0 bridgehead atoms. The van der Waals surface area contributed by atoms with Crippen LogP contribution in [0.25, 0.3) is 11.0 Å². The average Bonchev–Trinajstić information content (AvgIpc) is 3.00. The molecule has 0 amide bonds. The maximum Gasteiger partial charge on any atom is 0.514 e. The number of pyridine rings is 1. The highest BCUT2D eigenvalue weighted by Crippen LogP contribution is 2.29. The topological polar surface area (TPSA) is 90.7 Å². The average molecular weight is 477 g/mol. The summed E-state index contributed by atoms with van der Waals surface area (Å²) in [6, 6.07) is 5.58. The Morgan fingerprint density at radius 2 is 1.97 bits per heavy atom. The van der Waals surface area contributed by atoms with E-state index in [1.807, 2.05) is 0 Å². The van der Waals surface area contributed by atoms with Crippen molar-refractivity contribution in [2.24, 2.45) is 0 Å². The second-order valence-electron chi connectivity index (χ2n) is 7.62. The Bertz CT molecular complexity index is 1140. The molecule has 7 nitrogen and oxygen atoms in total. The van der Waals surface area contributed by atoms with Crippen LogP contribution in [0.1, 0.15) is 36.7 Å². The third-order valence-electron chi connectivity index (χ3n) is 4.07. The van der Waals surface area contributed by atoms with Crippen LogP contribution >= 0.6 is 15.9 Å². The first-order valence-corrected chi connectivity index (χ1v) is 9.85. The molecule has 0 spiro atoms. The molecule has 2 heterocycles. The number of carbonyl (C=O) groups excluding carboxylic acids is 2. The number of carbonyl (C=O) groups is 2. The molecule has 2 aromatic heterocycles. The van der Waals surface area contributed by atoms with Gasteiger partial charge < -0.3 is 19.0 Å². The Kier molecular flexibility index (Phi) is 6.00. The lowest BCUT2D eigenvalue weighted by Gasteiger charge is -2.18. The largest absolute Gasteiger partial charge is 0.514 e. The minimum absolute atomic E-state index is 0.146. The SMILES string of the molecule is CB(O)n1cc(C(=O)c2cccc(OC(=O)OC(C)(C)C)c2F)c2cc(Br)cnc21. The maximum absolute atomic E-state index is 15.0. The zero-order chi connectivity index (χ0) is 22.2. The molecule has 0 unspecified atom stereocenters. The van der Waals surface area contributed by atoms with Crippen LogP contribution in [-0.4, -0.2) is 39.1 Å². The van der Waals surface area contributed by atoms with Crippen molar-refractivity contribution in [2.75, 3.05) is 0 Å². The second-order valence-corrected chi connectivity index (χ2v) is 8.54. The van der Waals surface area contributed by atoms with Crippen molar-refractivity contribution in [1.82, 2.24) is 9.46 Å². The molecule has 0 saturated carbocycles. The van der Waals surface area contributed by atoms with Crippen molar-refractivity contribution in [3.05, 3.63) is 58.1 Å². The minimum Gasteiger partial charge on any atom is -0.432 e. The van der Waals surface area contributed by atoms with Gasteiger partial charge in [-0.2, -0.15) is 0 Å². The standard InChI is InChI=1S/C20H19BBrFN2O5/c1-20(2,3)30-19(27)29-15-7-5-6-12(16(15)23)17(26)14-10-25(21(4)28)18-13(14)8-11(22)9-24-18/h5-10,28H,1-4H3. The van der Waals surface area contributed by atoms with Gasteiger partial charge in [-0.25, -0.2) is 14.2 Å². The first kappa shape index (κ1) is 22.0. The van der Waals surface area contributed by atoms with Gasteiger partial charge in [0, 0.05) is 27.8 Å². The molecule has 156 valence electrons. The summed E-state index contributed by atoms with van der Waals surface area (Å²) < 4.78 is 27.0. The lowest BCUT2D eigenvalue weighted by atomic mass is 9.88. The molecule has 3 rings (SSSR count). The number of nitrogens with zero attached hydrogens (tertiary/aromatic N) is 2. The van der Waals surface area contributed by atoms with Gasteiger partial charge in [0.05, 0.1) is 5.56 Å². The van der Waals surface area contributed by atoms with Crippen LogP contribution in [0.15, 0.2) is 41.1 Å². The molecule has 0 radical (unpaired) electrons. The van der Waals surface area contributed by atoms with Gasteiger partial charge in [-0.3, -0.25) is 4.79 Å². The molecule has 1 aromatic carbocycles. The minimum atomic E-state index is -1.08. The highest BCUT2D eigenvalue weighted by atomic mass is 79.9. The van der Waals surface area contributed by atoms with Crippen molar-refractivity contribution in [2.45, 2.75) is 33.2 Å². The van der Waals surface area contributed by atoms with Gasteiger partial charge in [-0.15, -0.1) is 0 Å². The van der Waals surface area contributed by atoms with E-state index in [0.29, 0.717) is 15.5 Å². The van der Waals surface area contributed by atoms with Crippen LogP contribution in [0, 0.1) is 5.82 Å². The Morgan fingerprint density at radius 3 is 2.60 bits per heavy atom. The van der Waals surface area contributed by atoms with Gasteiger partial charge >= 0.3 is 13.2 Å². The van der Waals surface area contributed by atoms with E-state index < -0.39 is 36.2 Å². The Morgan fingerprint density at radius 1 is 1.27 bits per heavy atom. The number of hydrogen-bond acceptors (Lipinski definition) is 6. The van der Waals surface area contributed by atoms with Crippen LogP contribution in [0.3, 0.4) is 0 Å². The molecule has 30 heavy (non-hydrogen) atoms. The predicted octanol–water partition coefficient (Wildman–Crippen LogP) is 4.44. The van der Waals surface area contributed by atoms with E-state index in [-0.39, 0.29) is 11.1 Å². The summed E-state index contributed by atoms with van der Waals surface area (Å²) in [5.74, 6) is -2.06. The smallest absolute Gasteiger partial charge is 0.432 e. The number of ketones is 1. The number of benzene rings is 1. The van der Waals surface area contributed by atoms with E-state index in [1.165, 1.54) is 41.9 Å². The monoisotopic (exact) mass is 476 g/mol. The van der Waals surface area contributed by atoms with Gasteiger partial charge in [0.15, 0.2) is 17.3 Å². The molecule has 3 aromatic rings. The summed E-state index contributed by atoms with van der Waals surface area (Å²) in [6.45, 7) is 6.46. The number of rotatable bonds is 4. The van der Waals surface area contributed by atoms with Crippen molar-refractivity contribution in [3.63, 3.8) is 0 Å². The van der Waals surface area contributed by atoms with Crippen LogP contribution in [0.5, 0.6) is 5.75 Å². The molecule has 0 atom stereocenters. The summed E-state index contributed by atoms with van der Waals surface area (Å²) in [5.41, 5.74) is -0.587. The Balaban J connectivity index is 2.02. The van der Waals surface area contributed by atoms with E-state index in [4.69, 9.17) is 9.47 Å². The fourth-order valence-electron chi connectivity index (χ4n) is 2.84. The van der Waals surface area contributed by atoms with Crippen molar-refractivity contribution in [3.8, 4) is 5.75 Å². The lowest BCUT2D eigenvalue weighted by Crippen LogP contribution is -2.26. The zero-order valence-corrected chi connectivity index (χ0v) is 18.4. The molecular formula is C20H19BBrFN2O5. The van der Waals surface area contributed by atoms with Crippen molar-refractivity contribution < 1.29 is 28.5 Å². The fraction of sp³-hybridized carbons (Fsp3) is 0.250. The summed E-state index contributed by atoms with van der Waals surface area (Å²) in [5, 5.41) is 10.4. The summed E-state index contributed by atoms with van der Waals surface area (Å²) in [7, 11) is -0.950. The van der Waals surface area contributed by atoms with Crippen molar-refractivity contribution in [1.29, 1.82) is 0 Å². The highest BCUT2D eigenvalue weighted by molar-refractivity contribution is 9.10. The van der Waals surface area contributed by atoms with Crippen LogP contribution in [0.2, 0.25) is 6.82 Å². The summed E-state index contributed by atoms with van der Waals surface area (Å²) in [6.07, 6.45) is 1.87. The summed E-state index contributed by atoms with van der Waals surface area (Å²) >= 11 is 3.30. The normalized spacial score (nSPS) is 11.4. The molecule has 0 fully saturated rings. The van der Waals surface area contributed by atoms with Crippen LogP contribution in [0.4, 0.5) is 9.18 Å². The molecule has 0 aliphatic rings. The molecule has 0 aliphatic heterocycles. The van der Waals surface area contributed by atoms with Gasteiger partial charge in [0.2, 0.25) is 0 Å². The Hall–Kier alpha value is -2.72. The predicted molar refractivity (Wildman–Crippen MR) is 113 cm³/mol. The molecular weight excluding hydrogens is 458 g/mol. The van der Waals surface area contributed by atoms with Crippen LogP contribution < -0.4 is 4.74 Å². The molecule has 1 N–H and O–H groups in total. The molecule has 10 heteroatoms. The lowest BCUT2D eigenvalue weighted by molar-refractivity contribution is 0.0197. The van der Waals surface area contributed by atoms with Gasteiger partial charge in [0.25, 0.3) is 0 Å². The third kappa shape index (κ3) is 4.54. The highest BCUT2D eigenvalue weighted by Gasteiger charge is 2.26. The van der Waals surface area contributed by atoms with Crippen LogP contribution in [-0.2, 0) is 4.74 Å².